The van der Waals surface area contributed by atoms with Gasteiger partial charge >= 0.3 is 0 Å². The summed E-state index contributed by atoms with van der Waals surface area (Å²) in [4.78, 5) is 49.4. The summed E-state index contributed by atoms with van der Waals surface area (Å²) >= 11 is 1.64. The number of rotatable bonds is 11. The van der Waals surface area contributed by atoms with E-state index in [4.69, 9.17) is 0 Å². The predicted octanol–water partition coefficient (Wildman–Crippen LogP) is 5.83. The fraction of sp³-hybridized carbons (Fsp3) is 0.378. The number of carbonyl (C=O) groups is 3. The van der Waals surface area contributed by atoms with E-state index < -0.39 is 33.4 Å². The Hall–Kier alpha value is -3.88. The SMILES string of the molecule is C=CCN(C(=O)C1N([C@@H](CC)CO)C(=O)[C@@H]2[C@H](C(=O)N(CC=C)c3ccccc3)[C@]3(C)CCC12S3)c1ccc2ccccc2c1. The van der Waals surface area contributed by atoms with Crippen molar-refractivity contribution in [3.8, 4) is 0 Å². The Morgan fingerprint density at radius 1 is 0.956 bits per heavy atom. The molecule has 1 spiro atoms. The van der Waals surface area contributed by atoms with Crippen LogP contribution in [0.25, 0.3) is 10.8 Å². The fourth-order valence-corrected chi connectivity index (χ4v) is 10.3. The number of fused-ring (bicyclic) bond motifs is 2. The van der Waals surface area contributed by atoms with Gasteiger partial charge < -0.3 is 19.8 Å². The lowest BCUT2D eigenvalue weighted by Crippen LogP contribution is -2.57. The first-order valence-electron chi connectivity index (χ1n) is 15.8. The molecule has 8 heteroatoms. The molecule has 1 N–H and O–H groups in total. The molecule has 0 saturated carbocycles. The first-order valence-corrected chi connectivity index (χ1v) is 16.6. The summed E-state index contributed by atoms with van der Waals surface area (Å²) in [7, 11) is 0. The van der Waals surface area contributed by atoms with Crippen LogP contribution in [0.5, 0.6) is 0 Å². The number of carbonyl (C=O) groups excluding carboxylic acids is 3. The molecule has 3 fully saturated rings. The molecule has 3 heterocycles. The summed E-state index contributed by atoms with van der Waals surface area (Å²) in [5, 5.41) is 12.6. The third-order valence-corrected chi connectivity index (χ3v) is 12.0. The highest BCUT2D eigenvalue weighted by Crippen LogP contribution is 2.72. The van der Waals surface area contributed by atoms with Crippen molar-refractivity contribution in [1.29, 1.82) is 0 Å². The van der Waals surface area contributed by atoms with Gasteiger partial charge in [0.2, 0.25) is 11.8 Å². The second kappa shape index (κ2) is 12.1. The van der Waals surface area contributed by atoms with E-state index in [0.29, 0.717) is 25.8 Å². The molecule has 3 saturated heterocycles. The van der Waals surface area contributed by atoms with Crippen LogP contribution in [0.15, 0.2) is 98.1 Å². The molecule has 2 unspecified atom stereocenters. The molecular formula is C37H41N3O4S. The van der Waals surface area contributed by atoms with Crippen LogP contribution in [-0.4, -0.2) is 69.0 Å². The molecule has 3 aromatic carbocycles. The summed E-state index contributed by atoms with van der Waals surface area (Å²) in [6.45, 7) is 12.1. The number of thioether (sulfide) groups is 1. The number of benzene rings is 3. The van der Waals surface area contributed by atoms with Crippen molar-refractivity contribution < 1.29 is 19.5 Å². The fourth-order valence-electron chi connectivity index (χ4n) is 8.00. The number of aliphatic hydroxyl groups excluding tert-OH is 1. The van der Waals surface area contributed by atoms with Crippen molar-refractivity contribution in [2.45, 2.75) is 54.7 Å². The van der Waals surface area contributed by atoms with Crippen LogP contribution in [0.2, 0.25) is 0 Å². The third-order valence-electron chi connectivity index (χ3n) is 10.1. The number of hydrogen-bond acceptors (Lipinski definition) is 5. The Balaban J connectivity index is 1.46. The lowest BCUT2D eigenvalue weighted by Gasteiger charge is -2.39. The van der Waals surface area contributed by atoms with E-state index in [1.165, 1.54) is 0 Å². The van der Waals surface area contributed by atoms with Crippen LogP contribution in [0, 0.1) is 11.8 Å². The number of amides is 3. The number of nitrogens with zero attached hydrogens (tertiary/aromatic N) is 3. The van der Waals surface area contributed by atoms with Gasteiger partial charge in [0.15, 0.2) is 0 Å². The highest BCUT2D eigenvalue weighted by Gasteiger charge is 2.78. The molecule has 7 nitrogen and oxygen atoms in total. The van der Waals surface area contributed by atoms with Gasteiger partial charge in [0, 0.05) is 29.2 Å². The quantitative estimate of drug-likeness (QED) is 0.272. The topological polar surface area (TPSA) is 81.2 Å². The van der Waals surface area contributed by atoms with E-state index in [1.54, 1.807) is 38.6 Å². The van der Waals surface area contributed by atoms with Gasteiger partial charge in [0.1, 0.15) is 6.04 Å². The van der Waals surface area contributed by atoms with Gasteiger partial charge in [-0.05, 0) is 61.2 Å². The molecule has 45 heavy (non-hydrogen) atoms. The van der Waals surface area contributed by atoms with Gasteiger partial charge in [-0.15, -0.1) is 24.9 Å². The first-order chi connectivity index (χ1) is 21.7. The smallest absolute Gasteiger partial charge is 0.251 e. The number of anilines is 2. The number of para-hydroxylation sites is 1. The van der Waals surface area contributed by atoms with Crippen molar-refractivity contribution in [1.82, 2.24) is 4.90 Å². The number of likely N-dealkylation sites (tertiary alicyclic amines) is 1. The molecule has 3 amide bonds. The van der Waals surface area contributed by atoms with Crippen molar-refractivity contribution in [2.24, 2.45) is 11.8 Å². The van der Waals surface area contributed by atoms with Crippen LogP contribution in [0.3, 0.4) is 0 Å². The monoisotopic (exact) mass is 623 g/mol. The van der Waals surface area contributed by atoms with E-state index in [1.807, 2.05) is 79.7 Å². The molecule has 0 aromatic heterocycles. The van der Waals surface area contributed by atoms with E-state index in [9.17, 15) is 14.7 Å². The Morgan fingerprint density at radius 2 is 1.60 bits per heavy atom. The standard InChI is InChI=1S/C37H41N3O4S/c1-5-21-38(28-15-9-8-10-16-28)33(42)30-31-34(43)40(27(7-3)24-41)32(37(31)20-19-36(30,4)45-37)35(44)39(22-6-2)29-18-17-25-13-11-12-14-26(25)23-29/h5-6,8-18,23,27,30-32,41H,1-2,7,19-22,24H2,3-4H3/t27-,30+,31-,32?,36-,37?/m0/s1. The summed E-state index contributed by atoms with van der Waals surface area (Å²) < 4.78 is -1.33. The summed E-state index contributed by atoms with van der Waals surface area (Å²) in [5.41, 5.74) is 1.47. The summed E-state index contributed by atoms with van der Waals surface area (Å²) in [5.74, 6) is -1.87. The normalized spacial score (nSPS) is 27.3. The molecule has 6 rings (SSSR count). The third kappa shape index (κ3) is 4.90. The van der Waals surface area contributed by atoms with Gasteiger partial charge in [-0.2, -0.15) is 0 Å². The van der Waals surface area contributed by atoms with Crippen LogP contribution in [0.1, 0.15) is 33.1 Å². The Morgan fingerprint density at radius 3 is 2.24 bits per heavy atom. The molecule has 3 aliphatic heterocycles. The van der Waals surface area contributed by atoms with Crippen molar-refractivity contribution in [3.63, 3.8) is 0 Å². The largest absolute Gasteiger partial charge is 0.394 e. The number of aliphatic hydroxyl groups is 1. The molecule has 0 aliphatic carbocycles. The van der Waals surface area contributed by atoms with Gasteiger partial charge in [-0.3, -0.25) is 14.4 Å². The highest BCUT2D eigenvalue weighted by molar-refractivity contribution is 8.02. The molecule has 0 radical (unpaired) electrons. The molecule has 234 valence electrons. The Bertz CT molecular complexity index is 1640. The lowest BCUT2D eigenvalue weighted by molar-refractivity contribution is -0.142. The highest BCUT2D eigenvalue weighted by atomic mass is 32.2. The maximum Gasteiger partial charge on any atom is 0.251 e. The molecule has 3 aliphatic rings. The van der Waals surface area contributed by atoms with Gasteiger partial charge in [-0.25, -0.2) is 0 Å². The molecule has 6 atom stereocenters. The summed E-state index contributed by atoms with van der Waals surface area (Å²) in [6.07, 6.45) is 5.23. The van der Waals surface area contributed by atoms with Crippen molar-refractivity contribution in [2.75, 3.05) is 29.5 Å². The van der Waals surface area contributed by atoms with E-state index in [0.717, 1.165) is 22.1 Å². The minimum absolute atomic E-state index is 0.126. The lowest BCUT2D eigenvalue weighted by atomic mass is 9.66. The number of hydrogen-bond donors (Lipinski definition) is 1. The minimum Gasteiger partial charge on any atom is -0.394 e. The minimum atomic E-state index is -0.840. The Kier molecular flexibility index (Phi) is 8.39. The van der Waals surface area contributed by atoms with E-state index in [2.05, 4.69) is 20.1 Å². The second-order valence-corrected chi connectivity index (χ2v) is 14.5. The van der Waals surface area contributed by atoms with Gasteiger partial charge in [0.05, 0.1) is 29.2 Å². The average molecular weight is 624 g/mol. The van der Waals surface area contributed by atoms with Crippen LogP contribution in [-0.2, 0) is 14.4 Å². The summed E-state index contributed by atoms with van der Waals surface area (Å²) in [6, 6.07) is 22.0. The maximum absolute atomic E-state index is 15.0. The first kappa shape index (κ1) is 31.1. The zero-order chi connectivity index (χ0) is 31.9. The van der Waals surface area contributed by atoms with Crippen molar-refractivity contribution in [3.05, 3.63) is 98.1 Å². The van der Waals surface area contributed by atoms with E-state index >= 15 is 4.79 Å². The van der Waals surface area contributed by atoms with Crippen molar-refractivity contribution >= 4 is 51.6 Å². The van der Waals surface area contributed by atoms with Gasteiger partial charge in [0.25, 0.3) is 5.91 Å². The predicted molar refractivity (Wildman–Crippen MR) is 182 cm³/mol. The van der Waals surface area contributed by atoms with Crippen LogP contribution >= 0.6 is 11.8 Å². The van der Waals surface area contributed by atoms with Crippen LogP contribution < -0.4 is 9.80 Å². The van der Waals surface area contributed by atoms with Gasteiger partial charge in [-0.1, -0.05) is 67.6 Å². The average Bonchev–Trinajstić information content (AvgIpc) is 3.63. The maximum atomic E-state index is 15.0. The molecular weight excluding hydrogens is 582 g/mol. The molecule has 2 bridgehead atoms. The van der Waals surface area contributed by atoms with Crippen LogP contribution in [0.4, 0.5) is 11.4 Å². The van der Waals surface area contributed by atoms with E-state index in [-0.39, 0.29) is 30.9 Å². The second-order valence-electron chi connectivity index (χ2n) is 12.6. The Labute approximate surface area is 269 Å². The molecule has 3 aromatic rings. The zero-order valence-electron chi connectivity index (χ0n) is 26.0. The zero-order valence-corrected chi connectivity index (χ0v) is 26.8.